The number of carbonyl (C=O) groups excluding carboxylic acids is 1. The molecular formula is C16H19FN2O2. The fourth-order valence-corrected chi connectivity index (χ4v) is 1.96. The van der Waals surface area contributed by atoms with E-state index in [2.05, 4.69) is 10.3 Å². The number of pyridine rings is 1. The van der Waals surface area contributed by atoms with Crippen molar-refractivity contribution in [1.29, 1.82) is 0 Å². The Morgan fingerprint density at radius 2 is 2.10 bits per heavy atom. The number of rotatable bonds is 3. The second kappa shape index (κ2) is 6.08. The van der Waals surface area contributed by atoms with Crippen LogP contribution in [0.4, 0.5) is 9.18 Å². The van der Waals surface area contributed by atoms with Crippen LogP contribution in [0.3, 0.4) is 0 Å². The molecule has 0 saturated heterocycles. The van der Waals surface area contributed by atoms with Crippen molar-refractivity contribution in [3.63, 3.8) is 0 Å². The van der Waals surface area contributed by atoms with Crippen LogP contribution in [0.2, 0.25) is 0 Å². The Morgan fingerprint density at radius 1 is 1.33 bits per heavy atom. The van der Waals surface area contributed by atoms with Crippen LogP contribution in [-0.2, 0) is 11.2 Å². The predicted molar refractivity (Wildman–Crippen MR) is 79.6 cm³/mol. The first-order chi connectivity index (χ1) is 9.85. The lowest BCUT2D eigenvalue weighted by Gasteiger charge is -2.19. The lowest BCUT2D eigenvalue weighted by Crippen LogP contribution is -2.33. The van der Waals surface area contributed by atoms with Gasteiger partial charge >= 0.3 is 6.09 Å². The fraction of sp³-hybridized carbons (Fsp3) is 0.375. The zero-order valence-corrected chi connectivity index (χ0v) is 12.4. The molecule has 0 bridgehead atoms. The molecule has 0 radical (unpaired) electrons. The summed E-state index contributed by atoms with van der Waals surface area (Å²) in [7, 11) is 0. The van der Waals surface area contributed by atoms with Crippen LogP contribution in [0.15, 0.2) is 30.6 Å². The number of aromatic nitrogens is 1. The minimum absolute atomic E-state index is 0.278. The summed E-state index contributed by atoms with van der Waals surface area (Å²) in [5, 5.41) is 4.31. The number of alkyl carbamates (subject to hydrolysis) is 1. The van der Waals surface area contributed by atoms with Gasteiger partial charge in [-0.05, 0) is 56.3 Å². The van der Waals surface area contributed by atoms with E-state index < -0.39 is 11.7 Å². The van der Waals surface area contributed by atoms with Crippen LogP contribution >= 0.6 is 0 Å². The van der Waals surface area contributed by atoms with Gasteiger partial charge in [-0.15, -0.1) is 0 Å². The van der Waals surface area contributed by atoms with Gasteiger partial charge in [-0.3, -0.25) is 4.98 Å². The molecular weight excluding hydrogens is 271 g/mol. The van der Waals surface area contributed by atoms with Gasteiger partial charge in [0.1, 0.15) is 11.4 Å². The molecule has 5 heteroatoms. The second-order valence-corrected chi connectivity index (χ2v) is 5.85. The second-order valence-electron chi connectivity index (χ2n) is 5.85. The van der Waals surface area contributed by atoms with E-state index in [-0.39, 0.29) is 5.82 Å². The number of hydrogen-bond acceptors (Lipinski definition) is 3. The molecule has 1 aromatic carbocycles. The minimum atomic E-state index is -0.538. The number of ether oxygens (including phenoxy) is 1. The van der Waals surface area contributed by atoms with Crippen molar-refractivity contribution in [3.8, 4) is 0 Å². The third kappa shape index (κ3) is 4.41. The van der Waals surface area contributed by atoms with Gasteiger partial charge in [0.25, 0.3) is 0 Å². The van der Waals surface area contributed by atoms with Gasteiger partial charge in [-0.2, -0.15) is 0 Å². The van der Waals surface area contributed by atoms with Gasteiger partial charge in [0.2, 0.25) is 0 Å². The van der Waals surface area contributed by atoms with Gasteiger partial charge in [-0.1, -0.05) is 0 Å². The molecule has 21 heavy (non-hydrogen) atoms. The topological polar surface area (TPSA) is 51.2 Å². The van der Waals surface area contributed by atoms with Crippen molar-refractivity contribution < 1.29 is 13.9 Å². The molecule has 0 unspecified atom stereocenters. The van der Waals surface area contributed by atoms with E-state index in [4.69, 9.17) is 4.74 Å². The Kier molecular flexibility index (Phi) is 4.40. The van der Waals surface area contributed by atoms with Crippen molar-refractivity contribution in [1.82, 2.24) is 10.3 Å². The molecule has 0 saturated carbocycles. The Bertz CT molecular complexity index is 650. The maximum atomic E-state index is 14.0. The maximum Gasteiger partial charge on any atom is 0.407 e. The molecule has 112 valence electrons. The third-order valence-electron chi connectivity index (χ3n) is 2.87. The summed E-state index contributed by atoms with van der Waals surface area (Å²) in [6.07, 6.45) is 3.23. The van der Waals surface area contributed by atoms with Crippen LogP contribution in [0.25, 0.3) is 10.8 Å². The summed E-state index contributed by atoms with van der Waals surface area (Å²) in [6.45, 7) is 5.70. The standard InChI is InChI=1S/C16H19FN2O2/c1-16(2,3)21-15(20)19-7-5-12-8-13-10-18-6-4-11(13)9-14(12)17/h4,6,8-10H,5,7H2,1-3H3,(H,19,20). The first-order valence-corrected chi connectivity index (χ1v) is 6.84. The summed E-state index contributed by atoms with van der Waals surface area (Å²) in [5.74, 6) is -0.278. The van der Waals surface area contributed by atoms with E-state index >= 15 is 0 Å². The molecule has 0 aliphatic rings. The number of nitrogens with one attached hydrogen (secondary N) is 1. The van der Waals surface area contributed by atoms with Crippen molar-refractivity contribution >= 4 is 16.9 Å². The Labute approximate surface area is 123 Å². The monoisotopic (exact) mass is 290 g/mol. The number of hydrogen-bond donors (Lipinski definition) is 1. The van der Waals surface area contributed by atoms with E-state index in [1.807, 2.05) is 0 Å². The van der Waals surface area contributed by atoms with Crippen molar-refractivity contribution in [3.05, 3.63) is 42.0 Å². The Morgan fingerprint density at radius 3 is 2.81 bits per heavy atom. The highest BCUT2D eigenvalue weighted by Gasteiger charge is 2.15. The molecule has 0 spiro atoms. The number of halogens is 1. The molecule has 1 N–H and O–H groups in total. The van der Waals surface area contributed by atoms with Crippen LogP contribution < -0.4 is 5.32 Å². The predicted octanol–water partition coefficient (Wildman–Crippen LogP) is 3.44. The molecule has 0 fully saturated rings. The van der Waals surface area contributed by atoms with E-state index in [1.165, 1.54) is 6.07 Å². The van der Waals surface area contributed by atoms with Gasteiger partial charge in [0.15, 0.2) is 0 Å². The minimum Gasteiger partial charge on any atom is -0.444 e. The SMILES string of the molecule is CC(C)(C)OC(=O)NCCc1cc2cnccc2cc1F. The first-order valence-electron chi connectivity index (χ1n) is 6.84. The molecule has 1 aromatic heterocycles. The molecule has 0 atom stereocenters. The van der Waals surface area contributed by atoms with Crippen molar-refractivity contribution in [2.75, 3.05) is 6.54 Å². The van der Waals surface area contributed by atoms with Crippen molar-refractivity contribution in [2.45, 2.75) is 32.8 Å². The molecule has 4 nitrogen and oxygen atoms in total. The summed E-state index contributed by atoms with van der Waals surface area (Å²) in [4.78, 5) is 15.5. The van der Waals surface area contributed by atoms with Gasteiger partial charge in [0.05, 0.1) is 0 Å². The third-order valence-corrected chi connectivity index (χ3v) is 2.87. The average Bonchev–Trinajstić information content (AvgIpc) is 2.37. The smallest absolute Gasteiger partial charge is 0.407 e. The van der Waals surface area contributed by atoms with Crippen molar-refractivity contribution in [2.24, 2.45) is 0 Å². The number of amides is 1. The summed E-state index contributed by atoms with van der Waals surface area (Å²) < 4.78 is 19.1. The zero-order valence-electron chi connectivity index (χ0n) is 12.4. The quantitative estimate of drug-likeness (QED) is 0.942. The maximum absolute atomic E-state index is 14.0. The van der Waals surface area contributed by atoms with Crippen LogP contribution in [0.1, 0.15) is 26.3 Å². The molecule has 1 amide bonds. The summed E-state index contributed by atoms with van der Waals surface area (Å²) >= 11 is 0. The van der Waals surface area contributed by atoms with E-state index in [1.54, 1.807) is 45.3 Å². The fourth-order valence-electron chi connectivity index (χ4n) is 1.96. The summed E-state index contributed by atoms with van der Waals surface area (Å²) in [5.41, 5.74) is 0.00999. The normalized spacial score (nSPS) is 11.4. The molecule has 2 aromatic rings. The molecule has 2 rings (SSSR count). The Hall–Kier alpha value is -2.17. The number of benzene rings is 1. The summed E-state index contributed by atoms with van der Waals surface area (Å²) in [6, 6.07) is 5.01. The largest absolute Gasteiger partial charge is 0.444 e. The highest BCUT2D eigenvalue weighted by atomic mass is 19.1. The highest BCUT2D eigenvalue weighted by Crippen LogP contribution is 2.18. The number of fused-ring (bicyclic) bond motifs is 1. The van der Waals surface area contributed by atoms with E-state index in [9.17, 15) is 9.18 Å². The average molecular weight is 290 g/mol. The van der Waals surface area contributed by atoms with Gasteiger partial charge < -0.3 is 10.1 Å². The van der Waals surface area contributed by atoms with Crippen LogP contribution in [0.5, 0.6) is 0 Å². The van der Waals surface area contributed by atoms with E-state index in [0.29, 0.717) is 18.5 Å². The van der Waals surface area contributed by atoms with Crippen LogP contribution in [-0.4, -0.2) is 23.2 Å². The zero-order chi connectivity index (χ0) is 15.5. The lowest BCUT2D eigenvalue weighted by molar-refractivity contribution is 0.0528. The van der Waals surface area contributed by atoms with Gasteiger partial charge in [-0.25, -0.2) is 9.18 Å². The van der Waals surface area contributed by atoms with Gasteiger partial charge in [0, 0.05) is 24.3 Å². The molecule has 0 aliphatic heterocycles. The Balaban J connectivity index is 1.97. The van der Waals surface area contributed by atoms with E-state index in [0.717, 1.165) is 10.8 Å². The number of carbonyl (C=O) groups is 1. The molecule has 0 aliphatic carbocycles. The number of nitrogens with zero attached hydrogens (tertiary/aromatic N) is 1. The van der Waals surface area contributed by atoms with Crippen LogP contribution in [0, 0.1) is 5.82 Å². The molecule has 1 heterocycles. The first kappa shape index (κ1) is 15.2. The highest BCUT2D eigenvalue weighted by molar-refractivity contribution is 5.82. The lowest BCUT2D eigenvalue weighted by atomic mass is 10.1.